The summed E-state index contributed by atoms with van der Waals surface area (Å²) in [6.07, 6.45) is 1.07. The van der Waals surface area contributed by atoms with Crippen molar-refractivity contribution in [2.75, 3.05) is 26.4 Å². The average Bonchev–Trinajstić information content (AvgIpc) is 0.909. The fraction of sp³-hybridized carbons (Fsp3) is 0.319. The molecule has 0 saturated heterocycles. The lowest BCUT2D eigenvalue weighted by molar-refractivity contribution is -0.199. The third-order valence-corrected chi connectivity index (χ3v) is 11.2. The third kappa shape index (κ3) is 30.6. The number of alkyl halides is 6. The number of halogens is 9. The lowest BCUT2D eigenvalue weighted by Crippen LogP contribution is -2.25. The number of benzene rings is 6. The van der Waals surface area contributed by atoms with Crippen LogP contribution in [-0.4, -0.2) is 95.5 Å². The lowest BCUT2D eigenvalue weighted by atomic mass is 10.0. The van der Waals surface area contributed by atoms with Gasteiger partial charge in [-0.2, -0.15) is 26.3 Å². The van der Waals surface area contributed by atoms with Gasteiger partial charge in [-0.3, -0.25) is 4.79 Å². The number of carbonyl (C=O) groups excluding carboxylic acids is 5. The highest BCUT2D eigenvalue weighted by atomic mass is 35.5. The Morgan fingerprint density at radius 1 is 0.495 bits per heavy atom. The Kier molecular flexibility index (Phi) is 31.8. The van der Waals surface area contributed by atoms with E-state index >= 15 is 0 Å². The van der Waals surface area contributed by atoms with Crippen molar-refractivity contribution in [2.45, 2.75) is 118 Å². The normalized spacial score (nSPS) is 10.9. The van der Waals surface area contributed by atoms with Gasteiger partial charge in [-0.15, -0.1) is 24.7 Å². The molecule has 0 aliphatic carbocycles. The summed E-state index contributed by atoms with van der Waals surface area (Å²) in [5, 5.41) is 19.4. The zero-order valence-corrected chi connectivity index (χ0v) is 53.8. The van der Waals surface area contributed by atoms with Crippen LogP contribution in [0.4, 0.5) is 26.3 Å². The van der Waals surface area contributed by atoms with Crippen LogP contribution in [0.3, 0.4) is 0 Å². The monoisotopic (exact) mass is 1320 g/mol. The minimum absolute atomic E-state index is 0.0431. The standard InChI is InChI=1S/C23H20ClF3O4.C21H21ClO3.C17H17ClO3.C4H5F3O2.C4H6O/c1-22(2,3)31-21(29)16-8-6-7-15(13-16)18-14-17(24)10-11-19(18)30-12-5-4-9-20(28)23(25,26)27;1-5-6-12-24-19-11-10-17(22)14-18(19)15-8-7-9-16(13-15)20(23)25-21(2,3)4;1-17(2,3)21-16(20)12-6-4-5-11(9-12)14-10-13(18)7-8-15(14)19;1-2-9-3(8)4(5,6)7;1-2-3-4-5/h6-8,10-11,13-14H,5,12H2,1-3H3;1,7-11,13-14H,6,12H2,2-4H3;4-10,19H,1-3H3;2H2,1H3;1,5H,3-4H2. The molecule has 486 valence electrons. The van der Waals surface area contributed by atoms with Crippen LogP contribution in [0, 0.1) is 36.5 Å². The molecule has 0 fully saturated rings. The predicted molar refractivity (Wildman–Crippen MR) is 339 cm³/mol. The molecule has 6 rings (SSSR count). The van der Waals surface area contributed by atoms with Crippen molar-refractivity contribution in [1.29, 1.82) is 0 Å². The van der Waals surface area contributed by atoms with Crippen LogP contribution >= 0.6 is 34.8 Å². The van der Waals surface area contributed by atoms with E-state index in [-0.39, 0.29) is 38.0 Å². The van der Waals surface area contributed by atoms with Gasteiger partial charge in [-0.1, -0.05) is 77.1 Å². The number of ether oxygens (including phenoxy) is 6. The number of terminal acetylenes is 2. The fourth-order valence-corrected chi connectivity index (χ4v) is 7.34. The van der Waals surface area contributed by atoms with E-state index in [1.54, 1.807) is 136 Å². The third-order valence-electron chi connectivity index (χ3n) is 10.5. The highest BCUT2D eigenvalue weighted by molar-refractivity contribution is 6.31. The second-order valence-electron chi connectivity index (χ2n) is 21.6. The van der Waals surface area contributed by atoms with Crippen molar-refractivity contribution >= 4 is 64.5 Å². The maximum Gasteiger partial charge on any atom is 0.490 e. The smallest absolute Gasteiger partial charge is 0.490 e. The van der Waals surface area contributed by atoms with Crippen molar-refractivity contribution in [3.05, 3.63) is 159 Å². The molecule has 13 nitrogen and oxygen atoms in total. The average molecular weight is 1330 g/mol. The largest absolute Gasteiger partial charge is 0.507 e. The van der Waals surface area contributed by atoms with E-state index in [0.717, 1.165) is 11.1 Å². The number of aliphatic hydroxyl groups excluding tert-OH is 1. The van der Waals surface area contributed by atoms with Crippen molar-refractivity contribution in [1.82, 2.24) is 0 Å². The lowest BCUT2D eigenvalue weighted by Gasteiger charge is -2.19. The van der Waals surface area contributed by atoms with Crippen LogP contribution in [0.2, 0.25) is 15.1 Å². The zero-order valence-electron chi connectivity index (χ0n) is 51.5. The SMILES string of the molecule is C#CCCO.C#CCCOc1ccc(Cl)cc1-c1cccc(C(=O)OC(C)(C)C)c1.CC(C)(C)OC(=O)c1cccc(-c2cc(Cl)ccc2O)c1.CC(C)(C)OC(=O)c1cccc(-c2cc(Cl)ccc2OCCC#CC(=O)C(F)(F)F)c1.CCOC(=O)C(F)(F)F. The van der Waals surface area contributed by atoms with Crippen LogP contribution in [0.25, 0.3) is 33.4 Å². The van der Waals surface area contributed by atoms with Crippen LogP contribution in [-0.2, 0) is 28.5 Å². The Morgan fingerprint density at radius 3 is 1.18 bits per heavy atom. The molecule has 2 N–H and O–H groups in total. The summed E-state index contributed by atoms with van der Waals surface area (Å²) in [4.78, 5) is 57.2. The van der Waals surface area contributed by atoms with E-state index in [1.165, 1.54) is 18.9 Å². The van der Waals surface area contributed by atoms with Crippen LogP contribution in [0.1, 0.15) is 120 Å². The van der Waals surface area contributed by atoms with Crippen molar-refractivity contribution in [3.8, 4) is 87.2 Å². The molecule has 0 bridgehead atoms. The van der Waals surface area contributed by atoms with E-state index in [2.05, 4.69) is 22.5 Å². The molecule has 0 spiro atoms. The number of esters is 4. The second-order valence-corrected chi connectivity index (χ2v) is 22.9. The molecule has 91 heavy (non-hydrogen) atoms. The molecular formula is C69H69Cl3F6O13. The van der Waals surface area contributed by atoms with Gasteiger partial charge in [-0.25, -0.2) is 19.2 Å². The summed E-state index contributed by atoms with van der Waals surface area (Å²) in [7, 11) is 0. The first-order valence-electron chi connectivity index (χ1n) is 27.5. The summed E-state index contributed by atoms with van der Waals surface area (Å²) in [5.41, 5.74) is 3.63. The van der Waals surface area contributed by atoms with E-state index in [9.17, 15) is 55.4 Å². The molecule has 22 heteroatoms. The van der Waals surface area contributed by atoms with Crippen LogP contribution < -0.4 is 9.47 Å². The number of ketones is 1. The van der Waals surface area contributed by atoms with E-state index in [1.807, 2.05) is 47.6 Å². The maximum atomic E-state index is 12.4. The number of aromatic hydroxyl groups is 1. The quantitative estimate of drug-likeness (QED) is 0.0263. The Morgan fingerprint density at radius 2 is 0.857 bits per heavy atom. The Bertz CT molecular complexity index is 3570. The van der Waals surface area contributed by atoms with Gasteiger partial charge in [0.1, 0.15) is 34.1 Å². The Labute approximate surface area is 541 Å². The van der Waals surface area contributed by atoms with Gasteiger partial charge in [0.05, 0.1) is 43.1 Å². The molecule has 0 saturated carbocycles. The number of phenolic OH excluding ortho intramolecular Hbond substituents is 1. The van der Waals surface area contributed by atoms with Gasteiger partial charge in [0, 0.05) is 51.0 Å². The predicted octanol–water partition coefficient (Wildman–Crippen LogP) is 17.0. The van der Waals surface area contributed by atoms with Crippen molar-refractivity contribution < 1.29 is 88.9 Å². The Hall–Kier alpha value is -8.64. The highest BCUT2D eigenvalue weighted by Gasteiger charge is 2.40. The van der Waals surface area contributed by atoms with Crippen LogP contribution in [0.15, 0.2) is 127 Å². The highest BCUT2D eigenvalue weighted by Crippen LogP contribution is 2.36. The maximum absolute atomic E-state index is 12.4. The minimum Gasteiger partial charge on any atom is -0.507 e. The van der Waals surface area contributed by atoms with Crippen LogP contribution in [0.5, 0.6) is 17.2 Å². The van der Waals surface area contributed by atoms with E-state index in [0.29, 0.717) is 85.0 Å². The number of hydrogen-bond donors (Lipinski definition) is 2. The van der Waals surface area contributed by atoms with Gasteiger partial charge in [-0.05, 0) is 183 Å². The van der Waals surface area contributed by atoms with Crippen molar-refractivity contribution in [3.63, 3.8) is 0 Å². The minimum atomic E-state index is -4.98. The number of phenols is 1. The van der Waals surface area contributed by atoms with Crippen molar-refractivity contribution in [2.24, 2.45) is 0 Å². The van der Waals surface area contributed by atoms with E-state index in [4.69, 9.17) is 76.4 Å². The Balaban J connectivity index is 0.000000425. The number of aliphatic hydroxyl groups is 1. The number of rotatable bonds is 14. The van der Waals surface area contributed by atoms with Gasteiger partial charge in [0.25, 0.3) is 0 Å². The molecule has 0 aromatic heterocycles. The first-order valence-corrected chi connectivity index (χ1v) is 28.6. The topological polar surface area (TPSA) is 181 Å². The summed E-state index contributed by atoms with van der Waals surface area (Å²) in [6, 6.07) is 35.8. The molecule has 6 aromatic carbocycles. The molecule has 0 aliphatic rings. The number of hydrogen-bond acceptors (Lipinski definition) is 13. The molecular weight excluding hydrogens is 1260 g/mol. The molecule has 0 atom stereocenters. The van der Waals surface area contributed by atoms with Gasteiger partial charge >= 0.3 is 42.0 Å². The molecule has 0 unspecified atom stereocenters. The van der Waals surface area contributed by atoms with Gasteiger partial charge < -0.3 is 38.6 Å². The summed E-state index contributed by atoms with van der Waals surface area (Å²) < 4.78 is 101. The molecule has 0 amide bonds. The van der Waals surface area contributed by atoms with Gasteiger partial charge in [0.2, 0.25) is 0 Å². The summed E-state index contributed by atoms with van der Waals surface area (Å²) in [5.74, 6) is 4.19. The first-order chi connectivity index (χ1) is 42.3. The summed E-state index contributed by atoms with van der Waals surface area (Å²) in [6.45, 7) is 17.8. The molecule has 0 aliphatic heterocycles. The number of carbonyl (C=O) groups is 5. The molecule has 0 radical (unpaired) electrons. The first kappa shape index (κ1) is 78.5. The second kappa shape index (κ2) is 36.9. The zero-order chi connectivity index (χ0) is 68.9. The number of Topliss-reactive ketones (excluding diaryl/α,β-unsaturated/α-hetero) is 1. The molecule has 0 heterocycles. The van der Waals surface area contributed by atoms with E-state index < -0.39 is 52.8 Å². The van der Waals surface area contributed by atoms with Gasteiger partial charge in [0.15, 0.2) is 0 Å². The summed E-state index contributed by atoms with van der Waals surface area (Å²) >= 11 is 18.2. The fourth-order valence-electron chi connectivity index (χ4n) is 6.82. The molecule has 6 aromatic rings.